The van der Waals surface area contributed by atoms with Crippen molar-refractivity contribution in [2.45, 2.75) is 193 Å². The van der Waals surface area contributed by atoms with E-state index < -0.39 is 0 Å². The third-order valence-corrected chi connectivity index (χ3v) is 8.52. The number of carbonyl (C=O) groups is 1. The van der Waals surface area contributed by atoms with E-state index in [1.165, 1.54) is 186 Å². The highest BCUT2D eigenvalue weighted by Gasteiger charge is 2.13. The highest BCUT2D eigenvalue weighted by atomic mass is 16.5. The number of esters is 1. The van der Waals surface area contributed by atoms with Crippen LogP contribution in [0.25, 0.3) is 0 Å². The third kappa shape index (κ3) is 24.0. The van der Waals surface area contributed by atoms with Gasteiger partial charge in [0.2, 0.25) is 0 Å². The zero-order chi connectivity index (χ0) is 26.7. The summed E-state index contributed by atoms with van der Waals surface area (Å²) in [4.78, 5) is 11.3. The van der Waals surface area contributed by atoms with Crippen molar-refractivity contribution in [1.82, 2.24) is 0 Å². The Labute approximate surface area is 233 Å². The average Bonchev–Trinajstić information content (AvgIpc) is 2.93. The maximum atomic E-state index is 11.3. The molecule has 0 unspecified atom stereocenters. The lowest BCUT2D eigenvalue weighted by Crippen LogP contribution is -2.15. The second kappa shape index (κ2) is 26.8. The molecule has 0 saturated heterocycles. The number of rotatable bonds is 3. The molecule has 3 aliphatic carbocycles. The fourth-order valence-corrected chi connectivity index (χ4v) is 5.91. The fraction of sp³-hybridized carbons (Fsp3) is 0.914. The summed E-state index contributed by atoms with van der Waals surface area (Å²) in [6, 6.07) is 0. The summed E-state index contributed by atoms with van der Waals surface area (Å²) < 4.78 is 5.27. The number of hydrogen-bond donors (Lipinski definition) is 0. The molecule has 0 N–H and O–H groups in total. The maximum absolute atomic E-state index is 11.3. The van der Waals surface area contributed by atoms with Crippen molar-refractivity contribution in [1.29, 1.82) is 0 Å². The quantitative estimate of drug-likeness (QED) is 0.274. The largest absolute Gasteiger partial charge is 0.462 e. The number of carbonyl (C=O) groups excluding carboxylic acids is 1. The van der Waals surface area contributed by atoms with Crippen molar-refractivity contribution in [2.75, 3.05) is 6.61 Å². The Hall–Kier alpha value is -0.790. The zero-order valence-corrected chi connectivity index (χ0v) is 25.3. The second-order valence-electron chi connectivity index (χ2n) is 12.4. The molecule has 0 amide bonds. The van der Waals surface area contributed by atoms with Crippen LogP contribution in [0.2, 0.25) is 0 Å². The summed E-state index contributed by atoms with van der Waals surface area (Å²) in [5, 5.41) is 0. The molecule has 0 aromatic carbocycles. The predicted octanol–water partition coefficient (Wildman–Crippen LogP) is 12.0. The predicted molar refractivity (Wildman–Crippen MR) is 163 cm³/mol. The van der Waals surface area contributed by atoms with Gasteiger partial charge in [0, 0.05) is 5.57 Å². The molecule has 0 aromatic heterocycles. The first kappa shape index (κ1) is 34.2. The number of hydrogen-bond acceptors (Lipinski definition) is 2. The lowest BCUT2D eigenvalue weighted by Gasteiger charge is -2.18. The molecule has 3 aliphatic rings. The Kier molecular flexibility index (Phi) is 24.8. The minimum absolute atomic E-state index is 0.234. The molecule has 37 heavy (non-hydrogen) atoms. The van der Waals surface area contributed by atoms with Crippen molar-refractivity contribution in [3.8, 4) is 0 Å². The maximum Gasteiger partial charge on any atom is 0.333 e. The van der Waals surface area contributed by atoms with E-state index in [9.17, 15) is 4.79 Å². The monoisotopic (exact) mass is 519 g/mol. The van der Waals surface area contributed by atoms with E-state index in [4.69, 9.17) is 4.74 Å². The third-order valence-electron chi connectivity index (χ3n) is 8.52. The number of ether oxygens (including phenoxy) is 1. The Balaban J connectivity index is 0.000000294. The smallest absolute Gasteiger partial charge is 0.333 e. The van der Waals surface area contributed by atoms with E-state index in [1.54, 1.807) is 6.92 Å². The zero-order valence-electron chi connectivity index (χ0n) is 25.3. The molecule has 0 heterocycles. The van der Waals surface area contributed by atoms with Gasteiger partial charge >= 0.3 is 5.97 Å². The van der Waals surface area contributed by atoms with Crippen LogP contribution in [0, 0.1) is 5.92 Å². The lowest BCUT2D eigenvalue weighted by atomic mass is 9.93. The van der Waals surface area contributed by atoms with Gasteiger partial charge in [-0.15, -0.1) is 0 Å². The summed E-state index contributed by atoms with van der Waals surface area (Å²) in [6.07, 6.45) is 41.8. The van der Waals surface area contributed by atoms with Gasteiger partial charge in [0.1, 0.15) is 0 Å². The average molecular weight is 519 g/mol. The standard InChI is InChI=1S/C15H26O2.2C10H20/c1-13(2)15(16)17-12-14-10-8-6-4-3-5-7-9-11-14;2*1-2-4-6-8-10-9-7-5-3-1/h14H,1,3-12H2,2H3;2*1-10H2. The molecule has 2 heteroatoms. The topological polar surface area (TPSA) is 26.3 Å². The molecule has 3 saturated carbocycles. The Morgan fingerprint density at radius 1 is 0.486 bits per heavy atom. The molecule has 218 valence electrons. The van der Waals surface area contributed by atoms with Crippen LogP contribution in [0.3, 0.4) is 0 Å². The first-order chi connectivity index (χ1) is 18.2. The highest BCUT2D eigenvalue weighted by molar-refractivity contribution is 5.86. The van der Waals surface area contributed by atoms with Gasteiger partial charge in [-0.1, -0.05) is 180 Å². The molecule has 0 spiro atoms. The van der Waals surface area contributed by atoms with Crippen LogP contribution in [0.15, 0.2) is 12.2 Å². The summed E-state index contributed by atoms with van der Waals surface area (Å²) in [6.45, 7) is 5.90. The highest BCUT2D eigenvalue weighted by Crippen LogP contribution is 2.22. The van der Waals surface area contributed by atoms with Crippen LogP contribution < -0.4 is 0 Å². The second-order valence-corrected chi connectivity index (χ2v) is 12.4. The van der Waals surface area contributed by atoms with Gasteiger partial charge in [-0.2, -0.15) is 0 Å². The summed E-state index contributed by atoms with van der Waals surface area (Å²) in [5.74, 6) is 0.332. The van der Waals surface area contributed by atoms with Gasteiger partial charge in [-0.3, -0.25) is 0 Å². The van der Waals surface area contributed by atoms with Crippen molar-refractivity contribution >= 4 is 5.97 Å². The molecule has 0 bridgehead atoms. The SMILES string of the molecule is C1CCCCCCCCC1.C1CCCCCCCCC1.C=C(C)C(=O)OCC1CCCCCCCCC1. The van der Waals surface area contributed by atoms with Crippen LogP contribution in [-0.2, 0) is 9.53 Å². The minimum atomic E-state index is -0.234. The van der Waals surface area contributed by atoms with Gasteiger partial charge in [0.25, 0.3) is 0 Å². The van der Waals surface area contributed by atoms with Crippen LogP contribution in [-0.4, -0.2) is 12.6 Å². The van der Waals surface area contributed by atoms with E-state index in [0.717, 1.165) is 0 Å². The van der Waals surface area contributed by atoms with E-state index >= 15 is 0 Å². The van der Waals surface area contributed by atoms with E-state index in [2.05, 4.69) is 6.58 Å². The van der Waals surface area contributed by atoms with Crippen molar-refractivity contribution in [3.05, 3.63) is 12.2 Å². The molecular weight excluding hydrogens is 452 g/mol. The van der Waals surface area contributed by atoms with E-state index in [0.29, 0.717) is 18.1 Å². The Bertz CT molecular complexity index is 415. The Morgan fingerprint density at radius 3 is 0.919 bits per heavy atom. The van der Waals surface area contributed by atoms with Crippen molar-refractivity contribution < 1.29 is 9.53 Å². The molecule has 0 atom stereocenters. The van der Waals surface area contributed by atoms with Gasteiger partial charge in [0.15, 0.2) is 0 Å². The molecule has 2 nitrogen and oxygen atoms in total. The van der Waals surface area contributed by atoms with Gasteiger partial charge in [-0.05, 0) is 25.7 Å². The van der Waals surface area contributed by atoms with Crippen molar-refractivity contribution in [3.63, 3.8) is 0 Å². The van der Waals surface area contributed by atoms with E-state index in [-0.39, 0.29) is 5.97 Å². The van der Waals surface area contributed by atoms with E-state index in [1.807, 2.05) is 0 Å². The summed E-state index contributed by atoms with van der Waals surface area (Å²) >= 11 is 0. The summed E-state index contributed by atoms with van der Waals surface area (Å²) in [7, 11) is 0. The molecule has 0 radical (unpaired) electrons. The van der Waals surface area contributed by atoms with Gasteiger partial charge < -0.3 is 4.74 Å². The molecule has 0 aliphatic heterocycles. The van der Waals surface area contributed by atoms with Gasteiger partial charge in [0.05, 0.1) is 6.61 Å². The normalized spacial score (nSPS) is 22.0. The molecule has 3 fully saturated rings. The van der Waals surface area contributed by atoms with Gasteiger partial charge in [-0.25, -0.2) is 4.79 Å². The minimum Gasteiger partial charge on any atom is -0.462 e. The first-order valence-corrected chi connectivity index (χ1v) is 17.0. The molecule has 0 aromatic rings. The van der Waals surface area contributed by atoms with Crippen LogP contribution in [0.4, 0.5) is 0 Å². The fourth-order valence-electron chi connectivity index (χ4n) is 5.91. The Morgan fingerprint density at radius 2 is 0.703 bits per heavy atom. The lowest BCUT2D eigenvalue weighted by molar-refractivity contribution is -0.140. The van der Waals surface area contributed by atoms with Crippen molar-refractivity contribution in [2.24, 2.45) is 5.92 Å². The first-order valence-electron chi connectivity index (χ1n) is 17.0. The molecular formula is C35H66O2. The van der Waals surface area contributed by atoms with Crippen LogP contribution in [0.5, 0.6) is 0 Å². The molecule has 3 rings (SSSR count). The van der Waals surface area contributed by atoms with Crippen LogP contribution in [0.1, 0.15) is 193 Å². The van der Waals surface area contributed by atoms with Crippen LogP contribution >= 0.6 is 0 Å². The summed E-state index contributed by atoms with van der Waals surface area (Å²) in [5.41, 5.74) is 0.505.